The van der Waals surface area contributed by atoms with Gasteiger partial charge in [-0.2, -0.15) is 0 Å². The number of rotatable bonds is 4. The van der Waals surface area contributed by atoms with E-state index in [1.54, 1.807) is 0 Å². The van der Waals surface area contributed by atoms with E-state index in [2.05, 4.69) is 10.6 Å². The fourth-order valence-electron chi connectivity index (χ4n) is 3.59. The van der Waals surface area contributed by atoms with E-state index in [0.29, 0.717) is 31.6 Å². The zero-order chi connectivity index (χ0) is 20.1. The first-order valence-corrected chi connectivity index (χ1v) is 9.54. The highest BCUT2D eigenvalue weighted by Gasteiger charge is 2.34. The molecule has 28 heavy (non-hydrogen) atoms. The molecule has 0 bridgehead atoms. The van der Waals surface area contributed by atoms with E-state index in [1.807, 2.05) is 67.3 Å². The lowest BCUT2D eigenvalue weighted by molar-refractivity contribution is -0.122. The van der Waals surface area contributed by atoms with E-state index in [1.165, 1.54) is 0 Å². The van der Waals surface area contributed by atoms with Crippen LogP contribution >= 0.6 is 0 Å². The number of carbonyl (C=O) groups is 2. The molecule has 0 aliphatic carbocycles. The van der Waals surface area contributed by atoms with Crippen LogP contribution in [0.1, 0.15) is 29.5 Å². The molecule has 1 fully saturated rings. The van der Waals surface area contributed by atoms with E-state index < -0.39 is 11.6 Å². The monoisotopic (exact) mass is 381 g/mol. The standard InChI is InChI=1S/C22H27N3O3/c1-16-8-9-19(17(2)14-16)23-21(27)24-20(26)15-25-12-10-22(28,11-13-25)18-6-4-3-5-7-18/h3-9,14,28H,10-13,15H2,1-2H3,(H2,23,24,26,27). The van der Waals surface area contributed by atoms with Gasteiger partial charge in [0, 0.05) is 18.8 Å². The molecule has 0 saturated carbocycles. The summed E-state index contributed by atoms with van der Waals surface area (Å²) < 4.78 is 0. The van der Waals surface area contributed by atoms with Gasteiger partial charge < -0.3 is 10.4 Å². The molecule has 3 amide bonds. The van der Waals surface area contributed by atoms with Gasteiger partial charge in [0.05, 0.1) is 12.1 Å². The lowest BCUT2D eigenvalue weighted by Gasteiger charge is -2.38. The number of benzene rings is 2. The number of aryl methyl sites for hydroxylation is 2. The number of amides is 3. The van der Waals surface area contributed by atoms with Crippen molar-refractivity contribution in [3.8, 4) is 0 Å². The number of likely N-dealkylation sites (tertiary alicyclic amines) is 1. The minimum Gasteiger partial charge on any atom is -0.385 e. The summed E-state index contributed by atoms with van der Waals surface area (Å²) in [5.74, 6) is -0.354. The van der Waals surface area contributed by atoms with Crippen molar-refractivity contribution in [1.82, 2.24) is 10.2 Å². The van der Waals surface area contributed by atoms with Crippen LogP contribution in [0.2, 0.25) is 0 Å². The largest absolute Gasteiger partial charge is 0.385 e. The SMILES string of the molecule is Cc1ccc(NC(=O)NC(=O)CN2CCC(O)(c3ccccc3)CC2)c(C)c1. The van der Waals surface area contributed by atoms with Gasteiger partial charge in [0.25, 0.3) is 0 Å². The number of nitrogens with one attached hydrogen (secondary N) is 2. The van der Waals surface area contributed by atoms with Crippen LogP contribution in [0, 0.1) is 13.8 Å². The maximum atomic E-state index is 12.2. The zero-order valence-electron chi connectivity index (χ0n) is 16.4. The molecule has 0 atom stereocenters. The Hall–Kier alpha value is -2.70. The fourth-order valence-corrected chi connectivity index (χ4v) is 3.59. The summed E-state index contributed by atoms with van der Waals surface area (Å²) in [6.45, 7) is 5.21. The van der Waals surface area contributed by atoms with Crippen molar-refractivity contribution in [1.29, 1.82) is 0 Å². The number of hydrogen-bond donors (Lipinski definition) is 3. The second kappa shape index (κ2) is 8.54. The van der Waals surface area contributed by atoms with Gasteiger partial charge in [-0.25, -0.2) is 4.79 Å². The molecule has 3 N–H and O–H groups in total. The summed E-state index contributed by atoms with van der Waals surface area (Å²) in [5.41, 5.74) is 2.79. The molecular weight excluding hydrogens is 354 g/mol. The molecule has 0 radical (unpaired) electrons. The number of carbonyl (C=O) groups excluding carboxylic acids is 2. The van der Waals surface area contributed by atoms with Gasteiger partial charge in [0.1, 0.15) is 0 Å². The minimum atomic E-state index is -0.853. The van der Waals surface area contributed by atoms with E-state index in [0.717, 1.165) is 16.7 Å². The molecular formula is C22H27N3O3. The highest BCUT2D eigenvalue weighted by molar-refractivity contribution is 6.02. The summed E-state index contributed by atoms with van der Waals surface area (Å²) in [4.78, 5) is 26.2. The van der Waals surface area contributed by atoms with Crippen molar-refractivity contribution in [2.45, 2.75) is 32.3 Å². The Labute approximate surface area is 165 Å². The quantitative estimate of drug-likeness (QED) is 0.761. The van der Waals surface area contributed by atoms with Crippen LogP contribution in [0.25, 0.3) is 0 Å². The lowest BCUT2D eigenvalue weighted by Crippen LogP contribution is -2.47. The van der Waals surface area contributed by atoms with Crippen LogP contribution in [0.4, 0.5) is 10.5 Å². The Morgan fingerprint density at radius 1 is 1.07 bits per heavy atom. The smallest absolute Gasteiger partial charge is 0.325 e. The molecule has 6 nitrogen and oxygen atoms in total. The second-order valence-electron chi connectivity index (χ2n) is 7.49. The first kappa shape index (κ1) is 20.0. The molecule has 1 heterocycles. The van der Waals surface area contributed by atoms with Crippen molar-refractivity contribution < 1.29 is 14.7 Å². The maximum absolute atomic E-state index is 12.2. The Kier molecular flexibility index (Phi) is 6.11. The van der Waals surface area contributed by atoms with Crippen LogP contribution < -0.4 is 10.6 Å². The van der Waals surface area contributed by atoms with E-state index >= 15 is 0 Å². The summed E-state index contributed by atoms with van der Waals surface area (Å²) in [7, 11) is 0. The molecule has 1 aliphatic heterocycles. The van der Waals surface area contributed by atoms with Crippen LogP contribution in [0.3, 0.4) is 0 Å². The van der Waals surface area contributed by atoms with Crippen molar-refractivity contribution in [2.75, 3.05) is 25.0 Å². The topological polar surface area (TPSA) is 81.7 Å². The van der Waals surface area contributed by atoms with Gasteiger partial charge >= 0.3 is 6.03 Å². The van der Waals surface area contributed by atoms with Crippen LogP contribution in [0.15, 0.2) is 48.5 Å². The van der Waals surface area contributed by atoms with E-state index in [9.17, 15) is 14.7 Å². The minimum absolute atomic E-state index is 0.130. The predicted molar refractivity (Wildman–Crippen MR) is 109 cm³/mol. The molecule has 0 spiro atoms. The number of piperidine rings is 1. The first-order valence-electron chi connectivity index (χ1n) is 9.54. The van der Waals surface area contributed by atoms with Crippen molar-refractivity contribution in [3.63, 3.8) is 0 Å². The maximum Gasteiger partial charge on any atom is 0.325 e. The van der Waals surface area contributed by atoms with Gasteiger partial charge in [0.15, 0.2) is 0 Å². The third-order valence-corrected chi connectivity index (χ3v) is 5.24. The number of imide groups is 1. The molecule has 3 rings (SSSR count). The molecule has 1 aliphatic rings. The number of aliphatic hydroxyl groups is 1. The van der Waals surface area contributed by atoms with Gasteiger partial charge in [-0.1, -0.05) is 48.0 Å². The third-order valence-electron chi connectivity index (χ3n) is 5.24. The zero-order valence-corrected chi connectivity index (χ0v) is 16.4. The Morgan fingerprint density at radius 3 is 2.39 bits per heavy atom. The fraction of sp³-hybridized carbons (Fsp3) is 0.364. The summed E-state index contributed by atoms with van der Waals surface area (Å²) >= 11 is 0. The molecule has 6 heteroatoms. The van der Waals surface area contributed by atoms with Crippen molar-refractivity contribution in [3.05, 3.63) is 65.2 Å². The Morgan fingerprint density at radius 2 is 1.75 bits per heavy atom. The highest BCUT2D eigenvalue weighted by atomic mass is 16.3. The number of urea groups is 1. The summed E-state index contributed by atoms with van der Waals surface area (Å²) in [6, 6.07) is 14.8. The molecule has 148 valence electrons. The second-order valence-corrected chi connectivity index (χ2v) is 7.49. The Bertz CT molecular complexity index is 843. The molecule has 2 aromatic rings. The number of nitrogens with zero attached hydrogens (tertiary/aromatic N) is 1. The van der Waals surface area contributed by atoms with Crippen LogP contribution in [0.5, 0.6) is 0 Å². The molecule has 1 saturated heterocycles. The van der Waals surface area contributed by atoms with E-state index in [4.69, 9.17) is 0 Å². The third kappa shape index (κ3) is 4.97. The van der Waals surface area contributed by atoms with Gasteiger partial charge in [-0.3, -0.25) is 15.0 Å². The first-order chi connectivity index (χ1) is 13.4. The molecule has 0 aromatic heterocycles. The summed E-state index contributed by atoms with van der Waals surface area (Å²) in [5, 5.41) is 15.9. The van der Waals surface area contributed by atoms with Crippen molar-refractivity contribution >= 4 is 17.6 Å². The number of hydrogen-bond acceptors (Lipinski definition) is 4. The lowest BCUT2D eigenvalue weighted by atomic mass is 9.84. The normalized spacial score (nSPS) is 16.4. The van der Waals surface area contributed by atoms with Crippen LogP contribution in [-0.4, -0.2) is 41.6 Å². The van der Waals surface area contributed by atoms with E-state index in [-0.39, 0.29) is 12.5 Å². The summed E-state index contributed by atoms with van der Waals surface area (Å²) in [6.07, 6.45) is 1.11. The average molecular weight is 381 g/mol. The average Bonchev–Trinajstić information content (AvgIpc) is 2.67. The molecule has 2 aromatic carbocycles. The van der Waals surface area contributed by atoms with Gasteiger partial charge in [0.2, 0.25) is 5.91 Å². The van der Waals surface area contributed by atoms with Gasteiger partial charge in [-0.15, -0.1) is 0 Å². The number of anilines is 1. The van der Waals surface area contributed by atoms with Crippen molar-refractivity contribution in [2.24, 2.45) is 0 Å². The van der Waals surface area contributed by atoms with Gasteiger partial charge in [-0.05, 0) is 43.9 Å². The van der Waals surface area contributed by atoms with Crippen LogP contribution in [-0.2, 0) is 10.4 Å². The predicted octanol–water partition coefficient (Wildman–Crippen LogP) is 2.94. The Balaban J connectivity index is 1.47. The molecule has 0 unspecified atom stereocenters. The highest BCUT2D eigenvalue weighted by Crippen LogP contribution is 2.32.